The molecule has 158 valence electrons. The van der Waals surface area contributed by atoms with Crippen LogP contribution in [0.5, 0.6) is 5.75 Å². The Morgan fingerprint density at radius 3 is 2.35 bits per heavy atom. The average molecular weight is 419 g/mol. The minimum absolute atomic E-state index is 0.00892. The largest absolute Gasteiger partial charge is 0.477 e. The standard InChI is InChI=1S/C23H21N3O5/c1-16(17-9-3-2-4-10-17)24-23(28)18-11-5-6-12-19(18)25-22(27)15-31-21-14-8-7-13-20(21)26(29)30/h2-14,16H,15H2,1H3,(H,24,28)(H,25,27). The highest BCUT2D eigenvalue weighted by molar-refractivity contribution is 6.04. The zero-order valence-electron chi connectivity index (χ0n) is 16.8. The number of nitro groups is 1. The van der Waals surface area contributed by atoms with E-state index in [9.17, 15) is 19.7 Å². The molecule has 8 nitrogen and oxygen atoms in total. The molecular weight excluding hydrogens is 398 g/mol. The number of carbonyl (C=O) groups excluding carboxylic acids is 2. The molecule has 0 radical (unpaired) electrons. The molecule has 0 spiro atoms. The first-order valence-electron chi connectivity index (χ1n) is 9.56. The van der Waals surface area contributed by atoms with Crippen molar-refractivity contribution in [1.29, 1.82) is 0 Å². The van der Waals surface area contributed by atoms with Crippen LogP contribution < -0.4 is 15.4 Å². The third-order valence-electron chi connectivity index (χ3n) is 4.51. The number of benzene rings is 3. The van der Waals surface area contributed by atoms with Crippen molar-refractivity contribution in [2.24, 2.45) is 0 Å². The fourth-order valence-electron chi connectivity index (χ4n) is 2.95. The SMILES string of the molecule is CC(NC(=O)c1ccccc1NC(=O)COc1ccccc1[N+](=O)[O-])c1ccccc1. The van der Waals surface area contributed by atoms with Crippen LogP contribution in [-0.4, -0.2) is 23.3 Å². The molecule has 3 aromatic rings. The van der Waals surface area contributed by atoms with E-state index in [4.69, 9.17) is 4.74 Å². The van der Waals surface area contributed by atoms with E-state index in [1.165, 1.54) is 18.2 Å². The number of amides is 2. The zero-order chi connectivity index (χ0) is 22.2. The van der Waals surface area contributed by atoms with Gasteiger partial charge in [-0.15, -0.1) is 0 Å². The van der Waals surface area contributed by atoms with Crippen LogP contribution in [0.25, 0.3) is 0 Å². The first kappa shape index (κ1) is 21.5. The molecule has 0 aromatic heterocycles. The van der Waals surface area contributed by atoms with Gasteiger partial charge in [-0.25, -0.2) is 0 Å². The number of hydrogen-bond donors (Lipinski definition) is 2. The first-order chi connectivity index (χ1) is 15.0. The smallest absolute Gasteiger partial charge is 0.310 e. The maximum absolute atomic E-state index is 12.8. The van der Waals surface area contributed by atoms with Crippen molar-refractivity contribution in [3.8, 4) is 5.75 Å². The Bertz CT molecular complexity index is 1090. The van der Waals surface area contributed by atoms with Gasteiger partial charge in [-0.05, 0) is 30.7 Å². The summed E-state index contributed by atoms with van der Waals surface area (Å²) < 4.78 is 5.30. The van der Waals surface area contributed by atoms with E-state index in [1.807, 2.05) is 37.3 Å². The van der Waals surface area contributed by atoms with Crippen molar-refractivity contribution in [3.63, 3.8) is 0 Å². The topological polar surface area (TPSA) is 111 Å². The molecule has 31 heavy (non-hydrogen) atoms. The summed E-state index contributed by atoms with van der Waals surface area (Å²) in [5.41, 5.74) is 1.33. The number of nitrogens with one attached hydrogen (secondary N) is 2. The van der Waals surface area contributed by atoms with Gasteiger partial charge >= 0.3 is 5.69 Å². The Balaban J connectivity index is 1.65. The maximum Gasteiger partial charge on any atom is 0.310 e. The van der Waals surface area contributed by atoms with E-state index in [2.05, 4.69) is 10.6 Å². The fraction of sp³-hybridized carbons (Fsp3) is 0.130. The predicted molar refractivity (Wildman–Crippen MR) is 116 cm³/mol. The number of ether oxygens (including phenoxy) is 1. The van der Waals surface area contributed by atoms with Gasteiger partial charge < -0.3 is 15.4 Å². The van der Waals surface area contributed by atoms with E-state index >= 15 is 0 Å². The third-order valence-corrected chi connectivity index (χ3v) is 4.51. The summed E-state index contributed by atoms with van der Waals surface area (Å²) in [6, 6.07) is 21.7. The number of anilines is 1. The Morgan fingerprint density at radius 1 is 0.968 bits per heavy atom. The van der Waals surface area contributed by atoms with Crippen molar-refractivity contribution in [3.05, 3.63) is 100 Å². The predicted octanol–water partition coefficient (Wildman–Crippen LogP) is 4.10. The molecule has 2 N–H and O–H groups in total. The number of nitro benzene ring substituents is 1. The summed E-state index contributed by atoms with van der Waals surface area (Å²) >= 11 is 0. The monoisotopic (exact) mass is 419 g/mol. The first-order valence-corrected chi connectivity index (χ1v) is 9.56. The summed E-state index contributed by atoms with van der Waals surface area (Å²) in [6.45, 7) is 1.43. The molecule has 0 aliphatic carbocycles. The van der Waals surface area contributed by atoms with Gasteiger partial charge in [0.05, 0.1) is 22.2 Å². The zero-order valence-corrected chi connectivity index (χ0v) is 16.8. The van der Waals surface area contributed by atoms with E-state index in [-0.39, 0.29) is 23.4 Å². The molecule has 1 unspecified atom stereocenters. The summed E-state index contributed by atoms with van der Waals surface area (Å²) in [4.78, 5) is 35.6. The van der Waals surface area contributed by atoms with Crippen LogP contribution in [0.4, 0.5) is 11.4 Å². The Hall–Kier alpha value is -4.20. The van der Waals surface area contributed by atoms with Gasteiger partial charge in [-0.1, -0.05) is 54.6 Å². The van der Waals surface area contributed by atoms with Gasteiger partial charge in [0.25, 0.3) is 11.8 Å². The molecule has 3 aromatic carbocycles. The molecule has 8 heteroatoms. The van der Waals surface area contributed by atoms with Crippen molar-refractivity contribution in [1.82, 2.24) is 5.32 Å². The summed E-state index contributed by atoms with van der Waals surface area (Å²) in [5.74, 6) is -0.897. The summed E-state index contributed by atoms with van der Waals surface area (Å²) in [5, 5.41) is 16.6. The lowest BCUT2D eigenvalue weighted by Crippen LogP contribution is -2.28. The second kappa shape index (κ2) is 10.0. The third kappa shape index (κ3) is 5.66. The minimum Gasteiger partial charge on any atom is -0.477 e. The number of nitrogens with zero attached hydrogens (tertiary/aromatic N) is 1. The van der Waals surface area contributed by atoms with Crippen LogP contribution >= 0.6 is 0 Å². The quantitative estimate of drug-likeness (QED) is 0.422. The fourth-order valence-corrected chi connectivity index (χ4v) is 2.95. The van der Waals surface area contributed by atoms with E-state index in [0.717, 1.165) is 5.56 Å². The molecule has 0 fully saturated rings. The molecule has 3 rings (SSSR count). The highest BCUT2D eigenvalue weighted by Crippen LogP contribution is 2.26. The molecule has 1 atom stereocenters. The van der Waals surface area contributed by atoms with Crippen LogP contribution in [0, 0.1) is 10.1 Å². The van der Waals surface area contributed by atoms with E-state index < -0.39 is 17.4 Å². The normalized spacial score (nSPS) is 11.3. The number of para-hydroxylation sites is 3. The average Bonchev–Trinajstić information content (AvgIpc) is 2.78. The maximum atomic E-state index is 12.8. The van der Waals surface area contributed by atoms with Gasteiger partial charge in [-0.2, -0.15) is 0 Å². The van der Waals surface area contributed by atoms with Gasteiger partial charge in [0, 0.05) is 6.07 Å². The second-order valence-electron chi connectivity index (χ2n) is 6.71. The van der Waals surface area contributed by atoms with Gasteiger partial charge in [-0.3, -0.25) is 19.7 Å². The van der Waals surface area contributed by atoms with E-state index in [0.29, 0.717) is 11.3 Å². The molecule has 0 saturated carbocycles. The van der Waals surface area contributed by atoms with Crippen molar-refractivity contribution < 1.29 is 19.2 Å². The Labute approximate surface area is 179 Å². The van der Waals surface area contributed by atoms with E-state index in [1.54, 1.807) is 30.3 Å². The molecule has 0 aliphatic heterocycles. The van der Waals surface area contributed by atoms with Crippen molar-refractivity contribution in [2.75, 3.05) is 11.9 Å². The van der Waals surface area contributed by atoms with Crippen molar-refractivity contribution >= 4 is 23.2 Å². The van der Waals surface area contributed by atoms with Crippen LogP contribution in [0.3, 0.4) is 0 Å². The van der Waals surface area contributed by atoms with Gasteiger partial charge in [0.2, 0.25) is 0 Å². The number of carbonyl (C=O) groups is 2. The molecule has 2 amide bonds. The lowest BCUT2D eigenvalue weighted by Gasteiger charge is -2.16. The van der Waals surface area contributed by atoms with Crippen LogP contribution in [0.1, 0.15) is 28.9 Å². The molecular formula is C23H21N3O5. The lowest BCUT2D eigenvalue weighted by molar-refractivity contribution is -0.385. The molecule has 0 heterocycles. The molecule has 0 bridgehead atoms. The highest BCUT2D eigenvalue weighted by atomic mass is 16.6. The van der Waals surface area contributed by atoms with Crippen LogP contribution in [-0.2, 0) is 4.79 Å². The van der Waals surface area contributed by atoms with Gasteiger partial charge in [0.15, 0.2) is 12.4 Å². The van der Waals surface area contributed by atoms with Crippen LogP contribution in [0.15, 0.2) is 78.9 Å². The second-order valence-corrected chi connectivity index (χ2v) is 6.71. The Morgan fingerprint density at radius 2 is 1.61 bits per heavy atom. The highest BCUT2D eigenvalue weighted by Gasteiger charge is 2.18. The van der Waals surface area contributed by atoms with Crippen molar-refractivity contribution in [2.45, 2.75) is 13.0 Å². The minimum atomic E-state index is -0.583. The van der Waals surface area contributed by atoms with Crippen LogP contribution in [0.2, 0.25) is 0 Å². The summed E-state index contributed by atoms with van der Waals surface area (Å²) in [6.07, 6.45) is 0. The number of rotatable bonds is 8. The lowest BCUT2D eigenvalue weighted by atomic mass is 10.1. The number of hydrogen-bond acceptors (Lipinski definition) is 5. The molecule has 0 saturated heterocycles. The molecule has 0 aliphatic rings. The van der Waals surface area contributed by atoms with Gasteiger partial charge in [0.1, 0.15) is 0 Å². The Kier molecular flexibility index (Phi) is 6.95. The summed E-state index contributed by atoms with van der Waals surface area (Å²) in [7, 11) is 0.